The van der Waals surface area contributed by atoms with Crippen LogP contribution in [-0.4, -0.2) is 0 Å². The van der Waals surface area contributed by atoms with Gasteiger partial charge in [0.05, 0.1) is 0 Å². The Bertz CT molecular complexity index is 664. The molecule has 5 heteroatoms. The molecule has 0 aliphatic carbocycles. The third-order valence-electron chi connectivity index (χ3n) is 3.41. The zero-order chi connectivity index (χ0) is 14.3. The van der Waals surface area contributed by atoms with Crippen molar-refractivity contribution in [2.24, 2.45) is 5.73 Å². The van der Waals surface area contributed by atoms with E-state index in [0.717, 1.165) is 15.6 Å². The third-order valence-corrected chi connectivity index (χ3v) is 4.37. The first-order chi connectivity index (χ1) is 9.54. The maximum atomic E-state index is 13.4. The quantitative estimate of drug-likeness (QED) is 0.799. The van der Waals surface area contributed by atoms with Gasteiger partial charge in [0.25, 0.3) is 0 Å². The van der Waals surface area contributed by atoms with E-state index in [-0.39, 0.29) is 18.0 Å². The molecule has 0 spiro atoms. The Labute approximate surface area is 129 Å². The van der Waals surface area contributed by atoms with Gasteiger partial charge < -0.3 is 10.5 Å². The standard InChI is InChI=1S/C15H12BrClFNO/c16-12-3-2-9(18)6-10(12)15-7-13(19)11-5-8(17)1-4-14(11)20-15/h1-6,13,15H,7,19H2. The SMILES string of the molecule is NC1CC(c2cc(F)ccc2Br)Oc2ccc(Cl)cc21. The van der Waals surface area contributed by atoms with E-state index in [2.05, 4.69) is 15.9 Å². The molecule has 2 aromatic rings. The fourth-order valence-corrected chi connectivity index (χ4v) is 3.11. The first-order valence-electron chi connectivity index (χ1n) is 6.21. The van der Waals surface area contributed by atoms with Gasteiger partial charge in [0.1, 0.15) is 17.7 Å². The summed E-state index contributed by atoms with van der Waals surface area (Å²) in [7, 11) is 0. The summed E-state index contributed by atoms with van der Waals surface area (Å²) in [5.74, 6) is 0.414. The highest BCUT2D eigenvalue weighted by Gasteiger charge is 2.28. The summed E-state index contributed by atoms with van der Waals surface area (Å²) in [5, 5.41) is 0.633. The van der Waals surface area contributed by atoms with E-state index < -0.39 is 0 Å². The fraction of sp³-hybridized carbons (Fsp3) is 0.200. The van der Waals surface area contributed by atoms with Gasteiger partial charge in [-0.05, 0) is 36.4 Å². The number of ether oxygens (including phenoxy) is 1. The van der Waals surface area contributed by atoms with Crippen molar-refractivity contribution in [3.63, 3.8) is 0 Å². The Morgan fingerprint density at radius 3 is 2.80 bits per heavy atom. The molecule has 104 valence electrons. The summed E-state index contributed by atoms with van der Waals surface area (Å²) < 4.78 is 20.2. The second kappa shape index (κ2) is 5.35. The van der Waals surface area contributed by atoms with E-state index in [0.29, 0.717) is 17.2 Å². The van der Waals surface area contributed by atoms with Gasteiger partial charge in [0.2, 0.25) is 0 Å². The molecular formula is C15H12BrClFNO. The Balaban J connectivity index is 1.99. The lowest BCUT2D eigenvalue weighted by Gasteiger charge is -2.31. The first-order valence-corrected chi connectivity index (χ1v) is 7.38. The number of nitrogens with two attached hydrogens (primary N) is 1. The second-order valence-electron chi connectivity index (χ2n) is 4.80. The summed E-state index contributed by atoms with van der Waals surface area (Å²) in [5.41, 5.74) is 7.84. The molecule has 0 fully saturated rings. The van der Waals surface area contributed by atoms with Gasteiger partial charge in [-0.2, -0.15) is 0 Å². The van der Waals surface area contributed by atoms with Crippen LogP contribution in [0.15, 0.2) is 40.9 Å². The zero-order valence-electron chi connectivity index (χ0n) is 10.4. The van der Waals surface area contributed by atoms with E-state index >= 15 is 0 Å². The molecule has 3 rings (SSSR count). The maximum absolute atomic E-state index is 13.4. The number of hydrogen-bond acceptors (Lipinski definition) is 2. The van der Waals surface area contributed by atoms with Crippen molar-refractivity contribution in [2.75, 3.05) is 0 Å². The number of benzene rings is 2. The van der Waals surface area contributed by atoms with Crippen LogP contribution in [0.5, 0.6) is 5.75 Å². The summed E-state index contributed by atoms with van der Waals surface area (Å²) in [6.07, 6.45) is 0.304. The minimum absolute atomic E-state index is 0.183. The largest absolute Gasteiger partial charge is 0.485 e. The van der Waals surface area contributed by atoms with Crippen LogP contribution in [0.25, 0.3) is 0 Å². The van der Waals surface area contributed by atoms with Crippen molar-refractivity contribution in [1.29, 1.82) is 0 Å². The average molecular weight is 357 g/mol. The number of fused-ring (bicyclic) bond motifs is 1. The molecule has 2 unspecified atom stereocenters. The maximum Gasteiger partial charge on any atom is 0.127 e. The molecule has 20 heavy (non-hydrogen) atoms. The van der Waals surface area contributed by atoms with Gasteiger partial charge in [-0.25, -0.2) is 4.39 Å². The van der Waals surface area contributed by atoms with E-state index in [1.807, 2.05) is 6.07 Å². The third kappa shape index (κ3) is 2.55. The van der Waals surface area contributed by atoms with Crippen LogP contribution >= 0.6 is 27.5 Å². The molecule has 0 bridgehead atoms. The van der Waals surface area contributed by atoms with Gasteiger partial charge >= 0.3 is 0 Å². The lowest BCUT2D eigenvalue weighted by molar-refractivity contribution is 0.160. The van der Waals surface area contributed by atoms with E-state index in [4.69, 9.17) is 22.1 Å². The summed E-state index contributed by atoms with van der Waals surface area (Å²) in [6.45, 7) is 0. The van der Waals surface area contributed by atoms with Gasteiger partial charge in [-0.1, -0.05) is 27.5 Å². The van der Waals surface area contributed by atoms with Crippen LogP contribution in [0.1, 0.15) is 29.7 Å². The highest BCUT2D eigenvalue weighted by atomic mass is 79.9. The smallest absolute Gasteiger partial charge is 0.127 e. The molecule has 0 amide bonds. The predicted molar refractivity (Wildman–Crippen MR) is 80.5 cm³/mol. The molecule has 2 N–H and O–H groups in total. The molecule has 2 aromatic carbocycles. The van der Waals surface area contributed by atoms with E-state index in [1.165, 1.54) is 12.1 Å². The number of rotatable bonds is 1. The molecule has 2 nitrogen and oxygen atoms in total. The van der Waals surface area contributed by atoms with E-state index in [9.17, 15) is 4.39 Å². The van der Waals surface area contributed by atoms with Crippen molar-refractivity contribution in [3.8, 4) is 5.75 Å². The van der Waals surface area contributed by atoms with Crippen molar-refractivity contribution >= 4 is 27.5 Å². The zero-order valence-corrected chi connectivity index (χ0v) is 12.8. The molecule has 0 radical (unpaired) electrons. The molecule has 1 heterocycles. The van der Waals surface area contributed by atoms with Crippen molar-refractivity contribution < 1.29 is 9.13 Å². The van der Waals surface area contributed by atoms with Crippen LogP contribution in [-0.2, 0) is 0 Å². The van der Waals surface area contributed by atoms with E-state index in [1.54, 1.807) is 18.2 Å². The highest BCUT2D eigenvalue weighted by Crippen LogP contribution is 2.42. The molecule has 1 aliphatic rings. The topological polar surface area (TPSA) is 35.2 Å². The van der Waals surface area contributed by atoms with Crippen LogP contribution < -0.4 is 10.5 Å². The summed E-state index contributed by atoms with van der Waals surface area (Å²) >= 11 is 9.40. The van der Waals surface area contributed by atoms with Crippen LogP contribution in [0.4, 0.5) is 4.39 Å². The second-order valence-corrected chi connectivity index (χ2v) is 6.09. The Hall–Kier alpha value is -1.10. The monoisotopic (exact) mass is 355 g/mol. The number of hydrogen-bond donors (Lipinski definition) is 1. The van der Waals surface area contributed by atoms with Gasteiger partial charge in [-0.3, -0.25) is 0 Å². The normalized spacial score (nSPS) is 21.2. The van der Waals surface area contributed by atoms with Gasteiger partial charge in [-0.15, -0.1) is 0 Å². The molecular weight excluding hydrogens is 345 g/mol. The average Bonchev–Trinajstić information content (AvgIpc) is 2.42. The van der Waals surface area contributed by atoms with Crippen molar-refractivity contribution in [2.45, 2.75) is 18.6 Å². The first kappa shape index (κ1) is 13.9. The van der Waals surface area contributed by atoms with Crippen molar-refractivity contribution in [3.05, 3.63) is 62.8 Å². The lowest BCUT2D eigenvalue weighted by Crippen LogP contribution is -2.24. The molecule has 0 saturated heterocycles. The minimum atomic E-state index is -0.290. The molecule has 0 saturated carbocycles. The van der Waals surface area contributed by atoms with Crippen LogP contribution in [0, 0.1) is 5.82 Å². The van der Waals surface area contributed by atoms with Gasteiger partial charge in [0.15, 0.2) is 0 Å². The number of halogens is 3. The summed E-state index contributed by atoms with van der Waals surface area (Å²) in [6, 6.07) is 9.76. The van der Waals surface area contributed by atoms with Crippen molar-refractivity contribution in [1.82, 2.24) is 0 Å². The lowest BCUT2D eigenvalue weighted by atomic mass is 9.93. The highest BCUT2D eigenvalue weighted by molar-refractivity contribution is 9.10. The Morgan fingerprint density at radius 2 is 2.00 bits per heavy atom. The predicted octanol–water partition coefficient (Wildman–Crippen LogP) is 4.77. The minimum Gasteiger partial charge on any atom is -0.485 e. The summed E-state index contributed by atoms with van der Waals surface area (Å²) in [4.78, 5) is 0. The molecule has 1 aliphatic heterocycles. The molecule has 2 atom stereocenters. The molecule has 0 aromatic heterocycles. The van der Waals surface area contributed by atoms with Crippen LogP contribution in [0.3, 0.4) is 0 Å². The van der Waals surface area contributed by atoms with Crippen LogP contribution in [0.2, 0.25) is 5.02 Å². The fourth-order valence-electron chi connectivity index (χ4n) is 2.43. The Morgan fingerprint density at radius 1 is 1.20 bits per heavy atom. The van der Waals surface area contributed by atoms with Gasteiger partial charge in [0, 0.05) is 33.1 Å². The Kier molecular flexibility index (Phi) is 3.71.